The summed E-state index contributed by atoms with van der Waals surface area (Å²) in [6.45, 7) is 8.13. The molecule has 134 valence electrons. The lowest BCUT2D eigenvalue weighted by Gasteiger charge is -2.21. The normalized spacial score (nSPS) is 11.5. The van der Waals surface area contributed by atoms with E-state index in [1.807, 2.05) is 36.0 Å². The Morgan fingerprint density at radius 1 is 1.15 bits per heavy atom. The largest absolute Gasteiger partial charge is 0.369 e. The zero-order valence-electron chi connectivity index (χ0n) is 15.5. The van der Waals surface area contributed by atoms with Crippen molar-refractivity contribution in [3.05, 3.63) is 52.0 Å². The van der Waals surface area contributed by atoms with Crippen molar-refractivity contribution in [2.45, 2.75) is 33.9 Å². The van der Waals surface area contributed by atoms with Crippen LogP contribution in [-0.4, -0.2) is 22.0 Å². The number of aromatic nitrogens is 3. The van der Waals surface area contributed by atoms with Crippen LogP contribution in [0.5, 0.6) is 0 Å². The van der Waals surface area contributed by atoms with Gasteiger partial charge >= 0.3 is 0 Å². The van der Waals surface area contributed by atoms with Crippen LogP contribution in [0.4, 0.5) is 5.69 Å². The summed E-state index contributed by atoms with van der Waals surface area (Å²) >= 11 is 3.71. The number of hydrogen-bond acceptors (Lipinski definition) is 4. The van der Waals surface area contributed by atoms with E-state index in [-0.39, 0.29) is 5.41 Å². The van der Waals surface area contributed by atoms with Gasteiger partial charge in [0.25, 0.3) is 0 Å². The number of anilines is 1. The maximum Gasteiger partial charge on any atom is 0.129 e. The molecule has 0 saturated heterocycles. The van der Waals surface area contributed by atoms with Crippen LogP contribution in [0.1, 0.15) is 31.9 Å². The fourth-order valence-corrected chi connectivity index (χ4v) is 3.62. The molecule has 0 aliphatic carbocycles. The molecule has 0 spiro atoms. The minimum atomic E-state index is 0.137. The molecular formula is C20H22BrN5. The standard InChI is InChI=1S/C20H22BrN5/c1-20(2,3)13-26-17-10-9-16(18(21)19(17)23-24-26)25(4)12-15-7-5-14(11-22)6-8-15/h5-10H,12-13H2,1-4H3. The monoisotopic (exact) mass is 411 g/mol. The van der Waals surface area contributed by atoms with E-state index in [4.69, 9.17) is 5.26 Å². The quantitative estimate of drug-likeness (QED) is 0.621. The molecule has 1 heterocycles. The number of hydrogen-bond donors (Lipinski definition) is 0. The fraction of sp³-hybridized carbons (Fsp3) is 0.350. The third kappa shape index (κ3) is 3.88. The fourth-order valence-electron chi connectivity index (χ4n) is 2.90. The Labute approximate surface area is 162 Å². The van der Waals surface area contributed by atoms with Crippen molar-refractivity contribution in [2.24, 2.45) is 5.41 Å². The van der Waals surface area contributed by atoms with E-state index in [2.05, 4.69) is 70.1 Å². The minimum absolute atomic E-state index is 0.137. The molecule has 0 saturated carbocycles. The van der Waals surface area contributed by atoms with Gasteiger partial charge in [-0.2, -0.15) is 5.26 Å². The molecule has 0 aliphatic heterocycles. The average molecular weight is 412 g/mol. The Morgan fingerprint density at radius 3 is 2.46 bits per heavy atom. The highest BCUT2D eigenvalue weighted by atomic mass is 79.9. The summed E-state index contributed by atoms with van der Waals surface area (Å²) in [4.78, 5) is 2.16. The molecule has 2 aromatic carbocycles. The lowest BCUT2D eigenvalue weighted by atomic mass is 9.97. The summed E-state index contributed by atoms with van der Waals surface area (Å²) < 4.78 is 2.91. The minimum Gasteiger partial charge on any atom is -0.369 e. The molecule has 0 amide bonds. The molecule has 0 atom stereocenters. The highest BCUT2D eigenvalue weighted by molar-refractivity contribution is 9.10. The second-order valence-corrected chi connectivity index (χ2v) is 8.53. The second-order valence-electron chi connectivity index (χ2n) is 7.74. The average Bonchev–Trinajstić information content (AvgIpc) is 2.98. The zero-order chi connectivity index (χ0) is 18.9. The van der Waals surface area contributed by atoms with E-state index in [0.717, 1.165) is 39.8 Å². The third-order valence-corrected chi connectivity index (χ3v) is 4.93. The first kappa shape index (κ1) is 18.4. The maximum absolute atomic E-state index is 8.92. The van der Waals surface area contributed by atoms with Crippen LogP contribution in [0.2, 0.25) is 0 Å². The van der Waals surface area contributed by atoms with Crippen LogP contribution in [-0.2, 0) is 13.1 Å². The molecule has 0 radical (unpaired) electrons. The van der Waals surface area contributed by atoms with E-state index >= 15 is 0 Å². The van der Waals surface area contributed by atoms with Gasteiger partial charge < -0.3 is 4.90 Å². The van der Waals surface area contributed by atoms with E-state index in [1.54, 1.807) is 0 Å². The summed E-state index contributed by atoms with van der Waals surface area (Å²) in [7, 11) is 2.05. The highest BCUT2D eigenvalue weighted by Gasteiger charge is 2.18. The lowest BCUT2D eigenvalue weighted by molar-refractivity contribution is 0.327. The molecule has 6 heteroatoms. The molecule has 0 fully saturated rings. The van der Waals surface area contributed by atoms with Crippen molar-refractivity contribution >= 4 is 32.7 Å². The van der Waals surface area contributed by atoms with Crippen molar-refractivity contribution in [1.82, 2.24) is 15.0 Å². The number of halogens is 1. The van der Waals surface area contributed by atoms with Gasteiger partial charge in [0, 0.05) is 20.1 Å². The van der Waals surface area contributed by atoms with E-state index in [1.165, 1.54) is 0 Å². The molecule has 0 N–H and O–H groups in total. The van der Waals surface area contributed by atoms with Crippen LogP contribution in [0.15, 0.2) is 40.9 Å². The Hall–Kier alpha value is -2.39. The SMILES string of the molecule is CN(Cc1ccc(C#N)cc1)c1ccc2c(nnn2CC(C)(C)C)c1Br. The molecule has 3 rings (SSSR count). The van der Waals surface area contributed by atoms with Gasteiger partial charge in [0.1, 0.15) is 5.52 Å². The first-order valence-electron chi connectivity index (χ1n) is 8.50. The van der Waals surface area contributed by atoms with Crippen LogP contribution in [0, 0.1) is 16.7 Å². The van der Waals surface area contributed by atoms with E-state index in [9.17, 15) is 0 Å². The highest BCUT2D eigenvalue weighted by Crippen LogP contribution is 2.33. The summed E-state index contributed by atoms with van der Waals surface area (Å²) in [6.07, 6.45) is 0. The maximum atomic E-state index is 8.92. The Bertz CT molecular complexity index is 961. The van der Waals surface area contributed by atoms with Crippen molar-refractivity contribution in [1.29, 1.82) is 5.26 Å². The van der Waals surface area contributed by atoms with Gasteiger partial charge in [0.15, 0.2) is 0 Å². The Balaban J connectivity index is 1.88. The van der Waals surface area contributed by atoms with Crippen molar-refractivity contribution in [2.75, 3.05) is 11.9 Å². The van der Waals surface area contributed by atoms with Gasteiger partial charge in [-0.1, -0.05) is 38.1 Å². The van der Waals surface area contributed by atoms with Crippen LogP contribution in [0.25, 0.3) is 11.0 Å². The van der Waals surface area contributed by atoms with Crippen LogP contribution in [0.3, 0.4) is 0 Å². The first-order chi connectivity index (χ1) is 12.3. The molecule has 0 bridgehead atoms. The van der Waals surface area contributed by atoms with E-state index < -0.39 is 0 Å². The smallest absolute Gasteiger partial charge is 0.129 e. The number of benzene rings is 2. The first-order valence-corrected chi connectivity index (χ1v) is 9.30. The lowest BCUT2D eigenvalue weighted by Crippen LogP contribution is -2.17. The molecule has 1 aromatic heterocycles. The van der Waals surface area contributed by atoms with Gasteiger partial charge in [-0.15, -0.1) is 5.10 Å². The Morgan fingerprint density at radius 2 is 1.85 bits per heavy atom. The number of rotatable bonds is 4. The molecule has 3 aromatic rings. The van der Waals surface area contributed by atoms with E-state index in [0.29, 0.717) is 5.56 Å². The summed E-state index contributed by atoms with van der Waals surface area (Å²) in [5.41, 5.74) is 4.92. The topological polar surface area (TPSA) is 57.7 Å². The Kier molecular flexibility index (Phi) is 5.01. The van der Waals surface area contributed by atoms with Gasteiger partial charge in [-0.3, -0.25) is 0 Å². The predicted molar refractivity (Wildman–Crippen MR) is 108 cm³/mol. The van der Waals surface area contributed by atoms with Crippen molar-refractivity contribution in [3.8, 4) is 6.07 Å². The van der Waals surface area contributed by atoms with Gasteiger partial charge in [-0.05, 0) is 51.2 Å². The van der Waals surface area contributed by atoms with Gasteiger partial charge in [0.2, 0.25) is 0 Å². The van der Waals surface area contributed by atoms with Crippen molar-refractivity contribution in [3.63, 3.8) is 0 Å². The predicted octanol–water partition coefficient (Wildman–Crippen LogP) is 4.75. The molecule has 0 unspecified atom stereocenters. The third-order valence-electron chi connectivity index (χ3n) is 4.14. The summed E-state index contributed by atoms with van der Waals surface area (Å²) in [5, 5.41) is 17.6. The second kappa shape index (κ2) is 7.08. The summed E-state index contributed by atoms with van der Waals surface area (Å²) in [5.74, 6) is 0. The number of nitrogens with zero attached hydrogens (tertiary/aromatic N) is 5. The molecule has 0 aliphatic rings. The zero-order valence-corrected chi connectivity index (χ0v) is 17.1. The molecule has 5 nitrogen and oxygen atoms in total. The van der Waals surface area contributed by atoms with Crippen LogP contribution < -0.4 is 4.90 Å². The number of fused-ring (bicyclic) bond motifs is 1. The molecule has 26 heavy (non-hydrogen) atoms. The van der Waals surface area contributed by atoms with Gasteiger partial charge in [-0.25, -0.2) is 4.68 Å². The van der Waals surface area contributed by atoms with Crippen molar-refractivity contribution < 1.29 is 0 Å². The summed E-state index contributed by atoms with van der Waals surface area (Å²) in [6, 6.07) is 14.0. The molecular weight excluding hydrogens is 390 g/mol. The number of nitriles is 1. The van der Waals surface area contributed by atoms with Gasteiger partial charge in [0.05, 0.1) is 27.3 Å². The van der Waals surface area contributed by atoms with Crippen LogP contribution >= 0.6 is 15.9 Å².